The molecule has 0 unspecified atom stereocenters. The summed E-state index contributed by atoms with van der Waals surface area (Å²) in [5.41, 5.74) is -0.389. The van der Waals surface area contributed by atoms with Crippen LogP contribution in [0.4, 0.5) is 18.0 Å². The summed E-state index contributed by atoms with van der Waals surface area (Å²) in [6, 6.07) is 3.76. The Morgan fingerprint density at radius 2 is 1.71 bits per heavy atom. The van der Waals surface area contributed by atoms with E-state index in [2.05, 4.69) is 0 Å². The van der Waals surface area contributed by atoms with Crippen molar-refractivity contribution in [3.63, 3.8) is 0 Å². The number of aryl methyl sites for hydroxylation is 1. The molecule has 1 aliphatic heterocycles. The number of hydrogen-bond acceptors (Lipinski definition) is 3. The van der Waals surface area contributed by atoms with Crippen LogP contribution >= 0.6 is 0 Å². The number of amides is 1. The summed E-state index contributed by atoms with van der Waals surface area (Å²) in [7, 11) is 0. The minimum absolute atomic E-state index is 0.00294. The van der Waals surface area contributed by atoms with E-state index >= 15 is 0 Å². The van der Waals surface area contributed by atoms with E-state index in [1.165, 1.54) is 0 Å². The summed E-state index contributed by atoms with van der Waals surface area (Å²) in [6.07, 6.45) is -3.08. The first-order valence-corrected chi connectivity index (χ1v) is 9.51. The largest absolute Gasteiger partial charge is 0.444 e. The van der Waals surface area contributed by atoms with Crippen molar-refractivity contribution in [3.05, 3.63) is 34.9 Å². The van der Waals surface area contributed by atoms with E-state index in [0.717, 1.165) is 12.1 Å². The zero-order chi connectivity index (χ0) is 21.1. The van der Waals surface area contributed by atoms with Gasteiger partial charge in [-0.15, -0.1) is 0 Å². The molecule has 0 atom stereocenters. The fourth-order valence-electron chi connectivity index (χ4n) is 3.40. The van der Waals surface area contributed by atoms with Gasteiger partial charge in [-0.2, -0.15) is 13.2 Å². The zero-order valence-electron chi connectivity index (χ0n) is 16.9. The fourth-order valence-corrected chi connectivity index (χ4v) is 3.40. The summed E-state index contributed by atoms with van der Waals surface area (Å²) in [5.74, 6) is 0.0625. The number of ketones is 1. The molecule has 4 nitrogen and oxygen atoms in total. The van der Waals surface area contributed by atoms with E-state index in [4.69, 9.17) is 4.74 Å². The number of ether oxygens (including phenoxy) is 1. The van der Waals surface area contributed by atoms with Crippen molar-refractivity contribution >= 4 is 11.9 Å². The summed E-state index contributed by atoms with van der Waals surface area (Å²) < 4.78 is 44.2. The number of likely N-dealkylation sites (tertiary alicyclic amines) is 1. The molecule has 0 bridgehead atoms. The van der Waals surface area contributed by atoms with Gasteiger partial charge < -0.3 is 9.64 Å². The van der Waals surface area contributed by atoms with Crippen LogP contribution in [-0.2, 0) is 22.1 Å². The summed E-state index contributed by atoms with van der Waals surface area (Å²) in [5, 5.41) is 0. The summed E-state index contributed by atoms with van der Waals surface area (Å²) in [4.78, 5) is 26.1. The Kier molecular flexibility index (Phi) is 6.78. The van der Waals surface area contributed by atoms with Crippen LogP contribution in [0.2, 0.25) is 0 Å². The highest BCUT2D eigenvalue weighted by atomic mass is 19.4. The molecule has 1 aliphatic rings. The van der Waals surface area contributed by atoms with Gasteiger partial charge in [-0.25, -0.2) is 4.79 Å². The number of hydrogen-bond donors (Lipinski definition) is 0. The Bertz CT molecular complexity index is 715. The lowest BCUT2D eigenvalue weighted by Crippen LogP contribution is -2.42. The van der Waals surface area contributed by atoms with Gasteiger partial charge >= 0.3 is 12.3 Å². The quantitative estimate of drug-likeness (QED) is 0.702. The molecule has 1 heterocycles. The molecule has 1 amide bonds. The Labute approximate surface area is 164 Å². The second-order valence-corrected chi connectivity index (χ2v) is 8.54. The van der Waals surface area contributed by atoms with Crippen molar-refractivity contribution in [3.8, 4) is 0 Å². The third-order valence-corrected chi connectivity index (χ3v) is 4.65. The first-order valence-electron chi connectivity index (χ1n) is 9.51. The van der Waals surface area contributed by atoms with Crippen molar-refractivity contribution in [2.75, 3.05) is 13.1 Å². The monoisotopic (exact) mass is 399 g/mol. The average molecular weight is 399 g/mol. The lowest BCUT2D eigenvalue weighted by atomic mass is 9.90. The smallest absolute Gasteiger partial charge is 0.416 e. The third-order valence-electron chi connectivity index (χ3n) is 4.65. The molecular weight excluding hydrogens is 371 g/mol. The Morgan fingerprint density at radius 1 is 1.11 bits per heavy atom. The molecule has 0 spiro atoms. The van der Waals surface area contributed by atoms with Crippen molar-refractivity contribution in [1.29, 1.82) is 0 Å². The van der Waals surface area contributed by atoms with Crippen LogP contribution in [0.3, 0.4) is 0 Å². The molecule has 0 saturated carbocycles. The number of carbonyl (C=O) groups is 2. The molecular formula is C21H28F3NO3. The highest BCUT2D eigenvalue weighted by Gasteiger charge is 2.31. The van der Waals surface area contributed by atoms with Gasteiger partial charge in [0.2, 0.25) is 0 Å². The predicted octanol–water partition coefficient (Wildman–Crippen LogP) is 5.16. The Hall–Kier alpha value is -2.05. The Morgan fingerprint density at radius 3 is 2.25 bits per heavy atom. The normalized spacial score (nSPS) is 16.2. The van der Waals surface area contributed by atoms with E-state index in [-0.39, 0.29) is 24.2 Å². The lowest BCUT2D eigenvalue weighted by molar-refractivity contribution is -0.137. The standard InChI is InChI=1S/C21H28F3NO3/c1-14-9-16(11-17(10-14)21(22,23)24)13-18(26)12-15-5-7-25(8-6-15)19(27)28-20(2,3)4/h9-11,15H,5-8,12-13H2,1-4H3. The van der Waals surface area contributed by atoms with Crippen LogP contribution in [0.5, 0.6) is 0 Å². The van der Waals surface area contributed by atoms with Gasteiger partial charge in [-0.05, 0) is 64.2 Å². The molecule has 0 aliphatic carbocycles. The van der Waals surface area contributed by atoms with Crippen molar-refractivity contribution in [1.82, 2.24) is 4.90 Å². The molecule has 7 heteroatoms. The number of Topliss-reactive ketones (excluding diaryl/α,β-unsaturated/α-hetero) is 1. The molecule has 1 fully saturated rings. The van der Waals surface area contributed by atoms with Gasteiger partial charge in [0.15, 0.2) is 0 Å². The molecule has 0 radical (unpaired) electrons. The number of alkyl halides is 3. The first kappa shape index (κ1) is 22.2. The highest BCUT2D eigenvalue weighted by Crippen LogP contribution is 2.31. The van der Waals surface area contributed by atoms with Gasteiger partial charge in [0.25, 0.3) is 0 Å². The number of benzene rings is 1. The second kappa shape index (κ2) is 8.53. The molecule has 1 saturated heterocycles. The van der Waals surface area contributed by atoms with Gasteiger partial charge in [-0.1, -0.05) is 11.6 Å². The number of rotatable bonds is 4. The average Bonchev–Trinajstić information content (AvgIpc) is 2.52. The van der Waals surface area contributed by atoms with Crippen molar-refractivity contribution in [2.24, 2.45) is 5.92 Å². The van der Waals surface area contributed by atoms with Gasteiger partial charge in [-0.3, -0.25) is 4.79 Å². The minimum Gasteiger partial charge on any atom is -0.444 e. The third kappa shape index (κ3) is 6.84. The number of carbonyl (C=O) groups excluding carboxylic acids is 2. The van der Waals surface area contributed by atoms with E-state index in [0.29, 0.717) is 43.5 Å². The van der Waals surface area contributed by atoms with E-state index < -0.39 is 17.3 Å². The molecule has 0 aromatic heterocycles. The van der Waals surface area contributed by atoms with Gasteiger partial charge in [0.1, 0.15) is 11.4 Å². The predicted molar refractivity (Wildman–Crippen MR) is 100 cm³/mol. The van der Waals surface area contributed by atoms with E-state index in [1.54, 1.807) is 17.9 Å². The lowest BCUT2D eigenvalue weighted by Gasteiger charge is -2.33. The van der Waals surface area contributed by atoms with Crippen LogP contribution in [0.1, 0.15) is 56.7 Å². The SMILES string of the molecule is Cc1cc(CC(=O)CC2CCN(C(=O)OC(C)(C)C)CC2)cc(C(F)(F)F)c1. The van der Waals surface area contributed by atoms with Crippen LogP contribution in [0.15, 0.2) is 18.2 Å². The van der Waals surface area contributed by atoms with Crippen LogP contribution in [0, 0.1) is 12.8 Å². The maximum atomic E-state index is 12.9. The molecule has 156 valence electrons. The maximum absolute atomic E-state index is 12.9. The minimum atomic E-state index is -4.42. The summed E-state index contributed by atoms with van der Waals surface area (Å²) >= 11 is 0. The molecule has 1 aromatic carbocycles. The fraction of sp³-hybridized carbons (Fsp3) is 0.619. The van der Waals surface area contributed by atoms with E-state index in [1.807, 2.05) is 20.8 Å². The van der Waals surface area contributed by atoms with E-state index in [9.17, 15) is 22.8 Å². The van der Waals surface area contributed by atoms with Crippen molar-refractivity contribution in [2.45, 2.75) is 65.2 Å². The zero-order valence-corrected chi connectivity index (χ0v) is 16.9. The summed E-state index contributed by atoms with van der Waals surface area (Å²) in [6.45, 7) is 8.07. The molecule has 28 heavy (non-hydrogen) atoms. The molecule has 0 N–H and O–H groups in total. The van der Waals surface area contributed by atoms with Gasteiger partial charge in [0, 0.05) is 25.9 Å². The van der Waals surface area contributed by atoms with Crippen LogP contribution < -0.4 is 0 Å². The van der Waals surface area contributed by atoms with Crippen LogP contribution in [-0.4, -0.2) is 35.5 Å². The molecule has 2 rings (SSSR count). The first-order chi connectivity index (χ1) is 12.8. The van der Waals surface area contributed by atoms with Crippen molar-refractivity contribution < 1.29 is 27.5 Å². The number of halogens is 3. The number of piperidine rings is 1. The highest BCUT2D eigenvalue weighted by molar-refractivity contribution is 5.81. The topological polar surface area (TPSA) is 46.6 Å². The van der Waals surface area contributed by atoms with Crippen LogP contribution in [0.25, 0.3) is 0 Å². The maximum Gasteiger partial charge on any atom is 0.416 e. The Balaban J connectivity index is 1.87. The second-order valence-electron chi connectivity index (χ2n) is 8.54. The number of nitrogens with zero attached hydrogens (tertiary/aromatic N) is 1. The molecule has 1 aromatic rings. The van der Waals surface area contributed by atoms with Gasteiger partial charge in [0.05, 0.1) is 5.56 Å².